The van der Waals surface area contributed by atoms with Gasteiger partial charge in [0.15, 0.2) is 0 Å². The minimum atomic E-state index is 0.104. The van der Waals surface area contributed by atoms with Crippen LogP contribution in [-0.4, -0.2) is 32.3 Å². The summed E-state index contributed by atoms with van der Waals surface area (Å²) in [7, 11) is 0. The SMILES string of the molecule is O=C(Cn1nnc2ccccc21)N1CCC[C@@H]1c1ccccc1. The van der Waals surface area contributed by atoms with Gasteiger partial charge in [-0.05, 0) is 30.5 Å². The molecule has 116 valence electrons. The van der Waals surface area contributed by atoms with Crippen LogP contribution in [-0.2, 0) is 11.3 Å². The van der Waals surface area contributed by atoms with Gasteiger partial charge < -0.3 is 4.90 Å². The monoisotopic (exact) mass is 306 g/mol. The highest BCUT2D eigenvalue weighted by Gasteiger charge is 2.30. The number of para-hydroxylation sites is 1. The van der Waals surface area contributed by atoms with E-state index in [0.717, 1.165) is 30.4 Å². The zero-order valence-electron chi connectivity index (χ0n) is 12.8. The molecule has 0 saturated carbocycles. The fraction of sp³-hybridized carbons (Fsp3) is 0.278. The van der Waals surface area contributed by atoms with Crippen LogP contribution >= 0.6 is 0 Å². The normalized spacial score (nSPS) is 17.7. The smallest absolute Gasteiger partial charge is 0.244 e. The fourth-order valence-electron chi connectivity index (χ4n) is 3.34. The molecule has 1 fully saturated rings. The highest BCUT2D eigenvalue weighted by molar-refractivity contribution is 5.80. The number of hydrogen-bond donors (Lipinski definition) is 0. The molecule has 0 N–H and O–H groups in total. The van der Waals surface area contributed by atoms with Crippen molar-refractivity contribution in [2.75, 3.05) is 6.54 Å². The quantitative estimate of drug-likeness (QED) is 0.747. The van der Waals surface area contributed by atoms with Crippen LogP contribution in [0.3, 0.4) is 0 Å². The Bertz CT molecular complexity index is 827. The highest BCUT2D eigenvalue weighted by Crippen LogP contribution is 2.31. The van der Waals surface area contributed by atoms with Crippen molar-refractivity contribution in [2.24, 2.45) is 0 Å². The van der Waals surface area contributed by atoms with Crippen LogP contribution in [0.25, 0.3) is 11.0 Å². The van der Waals surface area contributed by atoms with E-state index in [1.807, 2.05) is 47.4 Å². The van der Waals surface area contributed by atoms with Crippen LogP contribution in [0.2, 0.25) is 0 Å². The lowest BCUT2D eigenvalue weighted by atomic mass is 10.0. The molecule has 5 nitrogen and oxygen atoms in total. The lowest BCUT2D eigenvalue weighted by Gasteiger charge is -2.25. The predicted octanol–water partition coefficient (Wildman–Crippen LogP) is 2.80. The molecule has 3 aromatic rings. The Labute approximate surface area is 134 Å². The number of hydrogen-bond acceptors (Lipinski definition) is 3. The molecule has 1 aliphatic heterocycles. The summed E-state index contributed by atoms with van der Waals surface area (Å²) in [6, 6.07) is 18.2. The summed E-state index contributed by atoms with van der Waals surface area (Å²) < 4.78 is 1.69. The van der Waals surface area contributed by atoms with Crippen molar-refractivity contribution in [3.05, 3.63) is 60.2 Å². The van der Waals surface area contributed by atoms with Crippen LogP contribution in [0.4, 0.5) is 0 Å². The minimum Gasteiger partial charge on any atom is -0.334 e. The molecule has 0 spiro atoms. The molecule has 0 aliphatic carbocycles. The van der Waals surface area contributed by atoms with Gasteiger partial charge >= 0.3 is 0 Å². The van der Waals surface area contributed by atoms with Crippen LogP contribution < -0.4 is 0 Å². The molecule has 1 amide bonds. The highest BCUT2D eigenvalue weighted by atomic mass is 16.2. The van der Waals surface area contributed by atoms with E-state index in [-0.39, 0.29) is 18.5 Å². The number of nitrogens with zero attached hydrogens (tertiary/aromatic N) is 4. The molecule has 0 bridgehead atoms. The molecule has 0 unspecified atom stereocenters. The zero-order valence-corrected chi connectivity index (χ0v) is 12.8. The Morgan fingerprint density at radius 2 is 1.87 bits per heavy atom. The summed E-state index contributed by atoms with van der Waals surface area (Å²) in [4.78, 5) is 14.8. The number of benzene rings is 2. The van der Waals surface area contributed by atoms with Crippen LogP contribution in [0, 0.1) is 0 Å². The van der Waals surface area contributed by atoms with Gasteiger partial charge in [-0.3, -0.25) is 4.79 Å². The third kappa shape index (κ3) is 2.59. The second-order valence-corrected chi connectivity index (χ2v) is 5.89. The third-order valence-corrected chi connectivity index (χ3v) is 4.46. The maximum absolute atomic E-state index is 12.8. The molecule has 1 saturated heterocycles. The van der Waals surface area contributed by atoms with Crippen molar-refractivity contribution in [3.8, 4) is 0 Å². The predicted molar refractivity (Wildman–Crippen MR) is 87.7 cm³/mol. The van der Waals surface area contributed by atoms with Gasteiger partial charge in [0, 0.05) is 6.54 Å². The number of rotatable bonds is 3. The van der Waals surface area contributed by atoms with Crippen LogP contribution in [0.15, 0.2) is 54.6 Å². The first-order chi connectivity index (χ1) is 11.3. The van der Waals surface area contributed by atoms with E-state index in [0.29, 0.717) is 0 Å². The average Bonchev–Trinajstić information content (AvgIpc) is 3.23. The molecule has 5 heteroatoms. The first-order valence-electron chi connectivity index (χ1n) is 7.95. The summed E-state index contributed by atoms with van der Waals surface area (Å²) in [5.74, 6) is 0.104. The Morgan fingerprint density at radius 3 is 2.74 bits per heavy atom. The molecule has 2 aromatic carbocycles. The number of fused-ring (bicyclic) bond motifs is 1. The van der Waals surface area contributed by atoms with Gasteiger partial charge in [0.1, 0.15) is 12.1 Å². The molecule has 23 heavy (non-hydrogen) atoms. The van der Waals surface area contributed by atoms with Crippen molar-refractivity contribution in [1.82, 2.24) is 19.9 Å². The van der Waals surface area contributed by atoms with Gasteiger partial charge in [-0.15, -0.1) is 5.10 Å². The van der Waals surface area contributed by atoms with Crippen molar-refractivity contribution >= 4 is 16.9 Å². The molecule has 1 atom stereocenters. The Balaban J connectivity index is 1.56. The number of likely N-dealkylation sites (tertiary alicyclic amines) is 1. The van der Waals surface area contributed by atoms with Crippen molar-refractivity contribution in [3.63, 3.8) is 0 Å². The van der Waals surface area contributed by atoms with E-state index < -0.39 is 0 Å². The largest absolute Gasteiger partial charge is 0.334 e. The number of carbonyl (C=O) groups is 1. The summed E-state index contributed by atoms with van der Waals surface area (Å²) in [6.07, 6.45) is 2.07. The summed E-state index contributed by atoms with van der Waals surface area (Å²) in [5, 5.41) is 8.24. The molecule has 0 radical (unpaired) electrons. The zero-order chi connectivity index (χ0) is 15.6. The van der Waals surface area contributed by atoms with E-state index in [2.05, 4.69) is 22.4 Å². The van der Waals surface area contributed by atoms with Gasteiger partial charge in [0.05, 0.1) is 11.6 Å². The minimum absolute atomic E-state index is 0.104. The first kappa shape index (κ1) is 13.9. The van der Waals surface area contributed by atoms with E-state index in [9.17, 15) is 4.79 Å². The van der Waals surface area contributed by atoms with Gasteiger partial charge in [0.25, 0.3) is 0 Å². The Kier molecular flexibility index (Phi) is 3.54. The van der Waals surface area contributed by atoms with E-state index in [1.54, 1.807) is 4.68 Å². The van der Waals surface area contributed by atoms with E-state index in [4.69, 9.17) is 0 Å². The van der Waals surface area contributed by atoms with E-state index in [1.165, 1.54) is 5.56 Å². The molecular formula is C18H18N4O. The van der Waals surface area contributed by atoms with Crippen LogP contribution in [0.1, 0.15) is 24.4 Å². The lowest BCUT2D eigenvalue weighted by molar-refractivity contribution is -0.132. The lowest BCUT2D eigenvalue weighted by Crippen LogP contribution is -2.33. The number of amides is 1. The van der Waals surface area contributed by atoms with Gasteiger partial charge in [-0.25, -0.2) is 4.68 Å². The standard InChI is InChI=1S/C18H18N4O/c23-18(13-22-17-10-5-4-9-15(17)19-20-22)21-12-6-11-16(21)14-7-2-1-3-8-14/h1-5,7-10,16H,6,11-13H2/t16-/m1/s1. The van der Waals surface area contributed by atoms with Crippen molar-refractivity contribution in [2.45, 2.75) is 25.4 Å². The second kappa shape index (κ2) is 5.83. The first-order valence-corrected chi connectivity index (χ1v) is 7.95. The Hall–Kier alpha value is -2.69. The van der Waals surface area contributed by atoms with Gasteiger partial charge in [0.2, 0.25) is 5.91 Å². The molecule has 4 rings (SSSR count). The molecule has 2 heterocycles. The summed E-state index contributed by atoms with van der Waals surface area (Å²) >= 11 is 0. The van der Waals surface area contributed by atoms with E-state index >= 15 is 0 Å². The van der Waals surface area contributed by atoms with Gasteiger partial charge in [-0.1, -0.05) is 47.7 Å². The second-order valence-electron chi connectivity index (χ2n) is 5.89. The maximum Gasteiger partial charge on any atom is 0.244 e. The summed E-state index contributed by atoms with van der Waals surface area (Å²) in [6.45, 7) is 1.05. The summed E-state index contributed by atoms with van der Waals surface area (Å²) in [5.41, 5.74) is 2.93. The molecule has 1 aliphatic rings. The number of carbonyl (C=O) groups excluding carboxylic acids is 1. The third-order valence-electron chi connectivity index (χ3n) is 4.46. The van der Waals surface area contributed by atoms with Gasteiger partial charge in [-0.2, -0.15) is 0 Å². The Morgan fingerprint density at radius 1 is 1.09 bits per heavy atom. The average molecular weight is 306 g/mol. The number of aromatic nitrogens is 3. The van der Waals surface area contributed by atoms with Crippen molar-refractivity contribution < 1.29 is 4.79 Å². The molecule has 1 aromatic heterocycles. The topological polar surface area (TPSA) is 51.0 Å². The fourth-order valence-corrected chi connectivity index (χ4v) is 3.34. The van der Waals surface area contributed by atoms with Crippen molar-refractivity contribution in [1.29, 1.82) is 0 Å². The van der Waals surface area contributed by atoms with Crippen LogP contribution in [0.5, 0.6) is 0 Å². The molecular weight excluding hydrogens is 288 g/mol. The maximum atomic E-state index is 12.8.